The van der Waals surface area contributed by atoms with E-state index < -0.39 is 0 Å². The van der Waals surface area contributed by atoms with E-state index in [9.17, 15) is 9.90 Å². The summed E-state index contributed by atoms with van der Waals surface area (Å²) < 4.78 is 0. The summed E-state index contributed by atoms with van der Waals surface area (Å²) in [5.41, 5.74) is 8.58. The summed E-state index contributed by atoms with van der Waals surface area (Å²) in [5, 5.41) is 18.5. The standard InChI is InChI=1S/C33H37N5O2/c1-33(38-17-2-4-28(38)21-39)13-11-22-5-10-25(18-26(22)12-14-33)27-19-29-30(35-36-31(29)34-20-27)23-6-8-24(9-7-23)32(40)37-15-3-16-37/h5-10,18-20,28,39H,2-4,11-17,21H2,1H3,(H,34,35,36). The molecule has 0 radical (unpaired) electrons. The number of pyridine rings is 1. The first-order valence-corrected chi connectivity index (χ1v) is 14.8. The molecule has 2 fully saturated rings. The number of nitrogens with zero attached hydrogens (tertiary/aromatic N) is 4. The molecule has 7 nitrogen and oxygen atoms in total. The minimum absolute atomic E-state index is 0.105. The van der Waals surface area contributed by atoms with Crippen molar-refractivity contribution in [1.29, 1.82) is 0 Å². The fraction of sp³-hybridized carbons (Fsp3) is 0.424. The van der Waals surface area contributed by atoms with Gasteiger partial charge in [0.25, 0.3) is 5.91 Å². The Morgan fingerprint density at radius 1 is 0.975 bits per heavy atom. The summed E-state index contributed by atoms with van der Waals surface area (Å²) in [4.78, 5) is 21.7. The number of H-pyrrole nitrogens is 1. The fourth-order valence-electron chi connectivity index (χ4n) is 7.00. The Labute approximate surface area is 235 Å². The van der Waals surface area contributed by atoms with Crippen LogP contribution in [0.3, 0.4) is 0 Å². The van der Waals surface area contributed by atoms with E-state index in [1.54, 1.807) is 0 Å². The van der Waals surface area contributed by atoms with Crippen molar-refractivity contribution in [3.05, 3.63) is 71.4 Å². The lowest BCUT2D eigenvalue weighted by atomic mass is 9.89. The van der Waals surface area contributed by atoms with Crippen LogP contribution in [0.15, 0.2) is 54.7 Å². The zero-order valence-electron chi connectivity index (χ0n) is 23.2. The average molecular weight is 536 g/mol. The number of rotatable bonds is 5. The molecule has 2 aliphatic heterocycles. The first-order valence-electron chi connectivity index (χ1n) is 14.8. The van der Waals surface area contributed by atoms with Gasteiger partial charge in [-0.25, -0.2) is 4.98 Å². The number of nitrogens with one attached hydrogen (secondary N) is 1. The zero-order chi connectivity index (χ0) is 27.3. The van der Waals surface area contributed by atoms with Crippen molar-refractivity contribution in [3.63, 3.8) is 0 Å². The maximum Gasteiger partial charge on any atom is 0.253 e. The number of aliphatic hydroxyl groups is 1. The molecular weight excluding hydrogens is 498 g/mol. The topological polar surface area (TPSA) is 85.3 Å². The number of benzene rings is 2. The molecule has 206 valence electrons. The van der Waals surface area contributed by atoms with Gasteiger partial charge in [0, 0.05) is 52.9 Å². The van der Waals surface area contributed by atoms with Gasteiger partial charge in [-0.3, -0.25) is 14.8 Å². The van der Waals surface area contributed by atoms with Crippen LogP contribution in [0.5, 0.6) is 0 Å². The van der Waals surface area contributed by atoms with Crippen LogP contribution in [-0.4, -0.2) is 73.8 Å². The van der Waals surface area contributed by atoms with Gasteiger partial charge >= 0.3 is 0 Å². The van der Waals surface area contributed by atoms with E-state index in [2.05, 4.69) is 51.3 Å². The first-order chi connectivity index (χ1) is 19.5. The van der Waals surface area contributed by atoms with Crippen LogP contribution >= 0.6 is 0 Å². The monoisotopic (exact) mass is 535 g/mol. The number of carbonyl (C=O) groups is 1. The van der Waals surface area contributed by atoms with Crippen molar-refractivity contribution in [2.75, 3.05) is 26.2 Å². The number of aromatic amines is 1. The van der Waals surface area contributed by atoms with Gasteiger partial charge in [0.05, 0.1) is 12.3 Å². The summed E-state index contributed by atoms with van der Waals surface area (Å²) in [6, 6.07) is 17.2. The Morgan fingerprint density at radius 2 is 1.75 bits per heavy atom. The number of hydrogen-bond acceptors (Lipinski definition) is 5. The molecule has 4 aromatic rings. The van der Waals surface area contributed by atoms with Crippen molar-refractivity contribution in [1.82, 2.24) is 25.0 Å². The molecule has 2 aromatic heterocycles. The Bertz CT molecular complexity index is 1560. The lowest BCUT2D eigenvalue weighted by Crippen LogP contribution is -2.50. The largest absolute Gasteiger partial charge is 0.395 e. The fourth-order valence-corrected chi connectivity index (χ4v) is 7.00. The maximum atomic E-state index is 12.6. The summed E-state index contributed by atoms with van der Waals surface area (Å²) in [5.74, 6) is 0.105. The predicted molar refractivity (Wildman–Crippen MR) is 157 cm³/mol. The highest BCUT2D eigenvalue weighted by Gasteiger charge is 2.39. The average Bonchev–Trinajstić information content (AvgIpc) is 3.58. The van der Waals surface area contributed by atoms with E-state index in [4.69, 9.17) is 0 Å². The number of amides is 1. The highest BCUT2D eigenvalue weighted by Crippen LogP contribution is 2.38. The number of hydrogen-bond donors (Lipinski definition) is 2. The minimum atomic E-state index is 0.105. The molecule has 1 amide bonds. The molecular formula is C33H37N5O2. The lowest BCUT2D eigenvalue weighted by molar-refractivity contribution is 0.0468. The molecule has 2 N–H and O–H groups in total. The third kappa shape index (κ3) is 4.41. The zero-order valence-corrected chi connectivity index (χ0v) is 23.2. The van der Waals surface area contributed by atoms with Crippen LogP contribution < -0.4 is 0 Å². The quantitative estimate of drug-likeness (QED) is 0.342. The second-order valence-corrected chi connectivity index (χ2v) is 12.1. The van der Waals surface area contributed by atoms with Crippen LogP contribution in [-0.2, 0) is 12.8 Å². The van der Waals surface area contributed by atoms with Gasteiger partial charge in [-0.2, -0.15) is 5.10 Å². The van der Waals surface area contributed by atoms with Gasteiger partial charge < -0.3 is 10.0 Å². The summed E-state index contributed by atoms with van der Waals surface area (Å²) in [6.07, 6.45) is 9.65. The molecule has 40 heavy (non-hydrogen) atoms. The third-order valence-electron chi connectivity index (χ3n) is 9.66. The summed E-state index contributed by atoms with van der Waals surface area (Å²) in [6.45, 7) is 5.47. The Balaban J connectivity index is 1.15. The van der Waals surface area contributed by atoms with E-state index in [1.165, 1.54) is 23.1 Å². The molecule has 1 aliphatic carbocycles. The number of carbonyl (C=O) groups excluding carboxylic acids is 1. The maximum absolute atomic E-state index is 12.6. The number of aromatic nitrogens is 3. The number of fused-ring (bicyclic) bond motifs is 2. The van der Waals surface area contributed by atoms with Gasteiger partial charge in [0.2, 0.25) is 0 Å². The predicted octanol–water partition coefficient (Wildman–Crippen LogP) is 5.23. The van der Waals surface area contributed by atoms with Crippen LogP contribution in [0.4, 0.5) is 0 Å². The van der Waals surface area contributed by atoms with E-state index >= 15 is 0 Å². The number of likely N-dealkylation sites (tertiary alicyclic amines) is 2. The molecule has 0 spiro atoms. The van der Waals surface area contributed by atoms with Gasteiger partial charge in [0.15, 0.2) is 5.65 Å². The van der Waals surface area contributed by atoms with E-state index in [0.29, 0.717) is 11.7 Å². The van der Waals surface area contributed by atoms with Crippen molar-refractivity contribution in [2.45, 2.75) is 63.5 Å². The van der Waals surface area contributed by atoms with Gasteiger partial charge in [-0.05, 0) is 93.3 Å². The molecule has 0 saturated carbocycles. The summed E-state index contributed by atoms with van der Waals surface area (Å²) >= 11 is 0. The van der Waals surface area contributed by atoms with Crippen LogP contribution in [0, 0.1) is 0 Å². The van der Waals surface area contributed by atoms with Crippen molar-refractivity contribution >= 4 is 16.9 Å². The molecule has 2 unspecified atom stereocenters. The van der Waals surface area contributed by atoms with Crippen molar-refractivity contribution < 1.29 is 9.90 Å². The number of aryl methyl sites for hydroxylation is 2. The second kappa shape index (κ2) is 10.1. The molecule has 4 heterocycles. The van der Waals surface area contributed by atoms with Crippen LogP contribution in [0.2, 0.25) is 0 Å². The van der Waals surface area contributed by atoms with Gasteiger partial charge in [-0.1, -0.05) is 30.3 Å². The molecule has 7 heteroatoms. The van der Waals surface area contributed by atoms with Crippen molar-refractivity contribution in [3.8, 4) is 22.4 Å². The summed E-state index contributed by atoms with van der Waals surface area (Å²) in [7, 11) is 0. The Kier molecular flexibility index (Phi) is 6.44. The third-order valence-corrected chi connectivity index (χ3v) is 9.66. The van der Waals surface area contributed by atoms with E-state index in [1.807, 2.05) is 35.4 Å². The first kappa shape index (κ1) is 25.4. The molecule has 2 atom stereocenters. The second-order valence-electron chi connectivity index (χ2n) is 12.1. The van der Waals surface area contributed by atoms with E-state index in [0.717, 1.165) is 85.9 Å². The molecule has 3 aliphatic rings. The highest BCUT2D eigenvalue weighted by molar-refractivity contribution is 5.97. The smallest absolute Gasteiger partial charge is 0.253 e. The Hall–Kier alpha value is -3.55. The molecule has 7 rings (SSSR count). The normalized spacial score (nSPS) is 23.1. The highest BCUT2D eigenvalue weighted by atomic mass is 16.3. The van der Waals surface area contributed by atoms with Gasteiger partial charge in [-0.15, -0.1) is 0 Å². The van der Waals surface area contributed by atoms with Crippen LogP contribution in [0.1, 0.15) is 60.5 Å². The SMILES string of the molecule is CC1(N2CCCC2CO)CCc2ccc(-c3cnc4n[nH]c(-c5ccc(C(=O)N6CCC6)cc5)c4c3)cc2CC1. The number of aliphatic hydroxyl groups excluding tert-OH is 1. The van der Waals surface area contributed by atoms with Crippen LogP contribution in [0.25, 0.3) is 33.4 Å². The molecule has 2 saturated heterocycles. The lowest BCUT2D eigenvalue weighted by Gasteiger charge is -2.42. The van der Waals surface area contributed by atoms with E-state index in [-0.39, 0.29) is 18.1 Å². The Morgan fingerprint density at radius 3 is 2.50 bits per heavy atom. The van der Waals surface area contributed by atoms with Gasteiger partial charge in [0.1, 0.15) is 0 Å². The molecule has 0 bridgehead atoms. The molecule has 2 aromatic carbocycles. The van der Waals surface area contributed by atoms with Crippen molar-refractivity contribution in [2.24, 2.45) is 0 Å². The minimum Gasteiger partial charge on any atom is -0.395 e.